The lowest BCUT2D eigenvalue weighted by molar-refractivity contribution is -0.143. The van der Waals surface area contributed by atoms with E-state index in [4.69, 9.17) is 11.5 Å². The van der Waals surface area contributed by atoms with Crippen LogP contribution in [0.4, 0.5) is 0 Å². The molecule has 0 heterocycles. The molecule has 5 nitrogen and oxygen atoms in total. The summed E-state index contributed by atoms with van der Waals surface area (Å²) >= 11 is 0. The zero-order valence-corrected chi connectivity index (χ0v) is 8.66. The van der Waals surface area contributed by atoms with Crippen LogP contribution in [0.3, 0.4) is 0 Å². The summed E-state index contributed by atoms with van der Waals surface area (Å²) in [6, 6.07) is -0.309. The predicted molar refractivity (Wildman–Crippen MR) is 54.1 cm³/mol. The normalized spacial score (nSPS) is 11.5. The smallest absolute Gasteiger partial charge is 0.329 e. The van der Waals surface area contributed by atoms with Gasteiger partial charge in [-0.2, -0.15) is 0 Å². The van der Waals surface area contributed by atoms with Crippen molar-refractivity contribution in [1.82, 2.24) is 5.32 Å². The molecular weight excluding hydrogens is 198 g/mol. The number of amides is 1. The first-order chi connectivity index (χ1) is 7.10. The van der Waals surface area contributed by atoms with Crippen molar-refractivity contribution in [3.05, 3.63) is 0 Å². The van der Waals surface area contributed by atoms with Crippen LogP contribution in [0.15, 0.2) is 0 Å². The number of aliphatic carboxylic acids is 1. The maximum absolute atomic E-state index is 11.1. The number of hydrogen-bond acceptors (Lipinski definition) is 3. The summed E-state index contributed by atoms with van der Waals surface area (Å²) in [5, 5.41) is 10.8. The average Bonchev–Trinajstić information content (AvgIpc) is 2.16. The van der Waals surface area contributed by atoms with E-state index < -0.39 is 18.5 Å². The van der Waals surface area contributed by atoms with Crippen LogP contribution < -0.4 is 5.32 Å². The molecule has 0 saturated heterocycles. The zero-order chi connectivity index (χ0) is 11.7. The molecule has 0 rings (SSSR count). The van der Waals surface area contributed by atoms with Crippen LogP contribution in [0.2, 0.25) is 0 Å². The van der Waals surface area contributed by atoms with Crippen LogP contribution in [0.5, 0.6) is 0 Å². The number of hydrogen-bond donors (Lipinski definition) is 2. The fourth-order valence-corrected chi connectivity index (χ4v) is 0.953. The van der Waals surface area contributed by atoms with Crippen molar-refractivity contribution < 1.29 is 19.4 Å². The maximum atomic E-state index is 11.1. The first-order valence-electron chi connectivity index (χ1n) is 4.65. The van der Waals surface area contributed by atoms with Crippen molar-refractivity contribution >= 4 is 11.9 Å². The van der Waals surface area contributed by atoms with E-state index in [-0.39, 0.29) is 12.6 Å². The monoisotopic (exact) mass is 213 g/mol. The summed E-state index contributed by atoms with van der Waals surface area (Å²) in [5.41, 5.74) is 0. The van der Waals surface area contributed by atoms with Crippen LogP contribution in [0.25, 0.3) is 0 Å². The third-order valence-electron chi connectivity index (χ3n) is 1.57. The van der Waals surface area contributed by atoms with Crippen molar-refractivity contribution in [2.45, 2.75) is 25.8 Å². The Hall–Kier alpha value is -1.54. The fourth-order valence-electron chi connectivity index (χ4n) is 0.953. The highest BCUT2D eigenvalue weighted by molar-refractivity contribution is 5.78. The molecule has 0 fully saturated rings. The second kappa shape index (κ2) is 7.83. The van der Waals surface area contributed by atoms with Gasteiger partial charge in [0.1, 0.15) is 13.2 Å². The molecule has 2 N–H and O–H groups in total. The van der Waals surface area contributed by atoms with E-state index in [1.54, 1.807) is 0 Å². The summed E-state index contributed by atoms with van der Waals surface area (Å²) < 4.78 is 4.60. The average molecular weight is 213 g/mol. The minimum atomic E-state index is -1.11. The fraction of sp³-hybridized carbons (Fsp3) is 0.600. The Bertz CT molecular complexity index is 257. The maximum Gasteiger partial charge on any atom is 0.329 e. The van der Waals surface area contributed by atoms with Crippen LogP contribution in [0.1, 0.15) is 19.8 Å². The van der Waals surface area contributed by atoms with Crippen LogP contribution in [-0.2, 0) is 14.3 Å². The quantitative estimate of drug-likeness (QED) is 0.584. The Balaban J connectivity index is 3.72. The van der Waals surface area contributed by atoms with Gasteiger partial charge in [-0.05, 0) is 6.42 Å². The van der Waals surface area contributed by atoms with Crippen molar-refractivity contribution in [1.29, 1.82) is 0 Å². The topological polar surface area (TPSA) is 75.6 Å². The van der Waals surface area contributed by atoms with Crippen molar-refractivity contribution in [2.75, 3.05) is 13.2 Å². The molecule has 0 spiro atoms. The number of nitrogens with one attached hydrogen (secondary N) is 1. The van der Waals surface area contributed by atoms with E-state index >= 15 is 0 Å². The van der Waals surface area contributed by atoms with Crippen molar-refractivity contribution in [2.24, 2.45) is 0 Å². The van der Waals surface area contributed by atoms with E-state index in [1.165, 1.54) is 0 Å². The number of ether oxygens (including phenoxy) is 1. The van der Waals surface area contributed by atoms with Gasteiger partial charge in [-0.25, -0.2) is 4.79 Å². The number of carboxylic acid groups (broad SMARTS) is 1. The Morgan fingerprint density at radius 3 is 2.67 bits per heavy atom. The van der Waals surface area contributed by atoms with Crippen molar-refractivity contribution in [3.63, 3.8) is 0 Å². The second-order valence-corrected chi connectivity index (χ2v) is 2.96. The molecule has 0 aliphatic rings. The molecule has 0 aromatic rings. The molecule has 0 aliphatic heterocycles. The third kappa shape index (κ3) is 7.52. The van der Waals surface area contributed by atoms with E-state index in [9.17, 15) is 9.59 Å². The molecule has 0 aromatic heterocycles. The van der Waals surface area contributed by atoms with Gasteiger partial charge in [-0.15, -0.1) is 6.42 Å². The number of rotatable bonds is 7. The molecule has 15 heavy (non-hydrogen) atoms. The molecule has 1 atom stereocenters. The summed E-state index contributed by atoms with van der Waals surface area (Å²) in [5.74, 6) is 0.927. The van der Waals surface area contributed by atoms with E-state index in [0.717, 1.165) is 6.42 Å². The standard InChI is InChI=1S/C10H15NO4/c1-3-5-8(4-2)11-9(12)6-15-7-10(13)14/h2,8H,3,5-7H2,1H3,(H,11,12)(H,13,14). The summed E-state index contributed by atoms with van der Waals surface area (Å²) in [7, 11) is 0. The molecule has 0 aromatic carbocycles. The molecule has 0 bridgehead atoms. The minimum Gasteiger partial charge on any atom is -0.480 e. The summed E-state index contributed by atoms with van der Waals surface area (Å²) in [6.07, 6.45) is 6.75. The Morgan fingerprint density at radius 2 is 2.20 bits per heavy atom. The van der Waals surface area contributed by atoms with E-state index in [0.29, 0.717) is 6.42 Å². The van der Waals surface area contributed by atoms with E-state index in [1.807, 2.05) is 6.92 Å². The summed E-state index contributed by atoms with van der Waals surface area (Å²) in [6.45, 7) is 1.19. The highest BCUT2D eigenvalue weighted by Crippen LogP contribution is 1.94. The second-order valence-electron chi connectivity index (χ2n) is 2.96. The first-order valence-corrected chi connectivity index (χ1v) is 4.65. The molecule has 1 amide bonds. The van der Waals surface area contributed by atoms with Gasteiger partial charge in [0.05, 0.1) is 6.04 Å². The molecule has 0 saturated carbocycles. The van der Waals surface area contributed by atoms with Gasteiger partial charge in [0.15, 0.2) is 0 Å². The molecule has 1 unspecified atom stereocenters. The molecule has 0 radical (unpaired) electrons. The zero-order valence-electron chi connectivity index (χ0n) is 8.66. The Morgan fingerprint density at radius 1 is 1.53 bits per heavy atom. The highest BCUT2D eigenvalue weighted by Gasteiger charge is 2.08. The van der Waals surface area contributed by atoms with Gasteiger partial charge >= 0.3 is 5.97 Å². The Kier molecular flexibility index (Phi) is 7.02. The molecular formula is C10H15NO4. The number of terminal acetylenes is 1. The van der Waals surface area contributed by atoms with Gasteiger partial charge in [0.2, 0.25) is 5.91 Å². The van der Waals surface area contributed by atoms with Gasteiger partial charge < -0.3 is 15.2 Å². The van der Waals surface area contributed by atoms with Gasteiger partial charge in [0, 0.05) is 0 Å². The number of carbonyl (C=O) groups excluding carboxylic acids is 1. The van der Waals surface area contributed by atoms with Gasteiger partial charge in [-0.3, -0.25) is 4.79 Å². The van der Waals surface area contributed by atoms with Crippen molar-refractivity contribution in [3.8, 4) is 12.3 Å². The molecule has 5 heteroatoms. The highest BCUT2D eigenvalue weighted by atomic mass is 16.5. The minimum absolute atomic E-state index is 0.284. The van der Waals surface area contributed by atoms with Crippen LogP contribution >= 0.6 is 0 Å². The molecule has 84 valence electrons. The lowest BCUT2D eigenvalue weighted by atomic mass is 10.2. The van der Waals surface area contributed by atoms with Crippen LogP contribution in [-0.4, -0.2) is 36.2 Å². The lowest BCUT2D eigenvalue weighted by Gasteiger charge is -2.11. The van der Waals surface area contributed by atoms with Gasteiger partial charge in [-0.1, -0.05) is 19.3 Å². The third-order valence-corrected chi connectivity index (χ3v) is 1.57. The summed E-state index contributed by atoms with van der Waals surface area (Å²) in [4.78, 5) is 21.2. The first kappa shape index (κ1) is 13.5. The Labute approximate surface area is 88.8 Å². The van der Waals surface area contributed by atoms with Gasteiger partial charge in [0.25, 0.3) is 0 Å². The largest absolute Gasteiger partial charge is 0.480 e. The number of carbonyl (C=O) groups is 2. The SMILES string of the molecule is C#CC(CCC)NC(=O)COCC(=O)O. The van der Waals surface area contributed by atoms with Crippen LogP contribution in [0, 0.1) is 12.3 Å². The lowest BCUT2D eigenvalue weighted by Crippen LogP contribution is -2.36. The van der Waals surface area contributed by atoms with E-state index in [2.05, 4.69) is 16.0 Å². The predicted octanol–water partition coefficient (Wildman–Crippen LogP) is 0.00570. The molecule has 0 aliphatic carbocycles. The number of carboxylic acids is 1.